The smallest absolute Gasteiger partial charge is 0.299 e. The van der Waals surface area contributed by atoms with Gasteiger partial charge in [0, 0.05) is 11.1 Å². The molecule has 1 aliphatic rings. The molecule has 0 N–H and O–H groups in total. The van der Waals surface area contributed by atoms with E-state index in [-0.39, 0.29) is 0 Å². The van der Waals surface area contributed by atoms with Gasteiger partial charge in [0.1, 0.15) is 0 Å². The molecular formula is C18H17N3O2S. The molecule has 2 heterocycles. The van der Waals surface area contributed by atoms with Gasteiger partial charge in [-0.15, -0.1) is 0 Å². The number of hydrogen-bond acceptors (Lipinski definition) is 5. The molecule has 4 rings (SSSR count). The zero-order valence-electron chi connectivity index (χ0n) is 13.1. The van der Waals surface area contributed by atoms with Crippen molar-refractivity contribution in [2.45, 2.75) is 32.1 Å². The highest BCUT2D eigenvalue weighted by atomic mass is 32.1. The molecule has 0 spiro atoms. The third-order valence-electron chi connectivity index (χ3n) is 4.30. The van der Waals surface area contributed by atoms with Gasteiger partial charge in [-0.3, -0.25) is 4.79 Å². The van der Waals surface area contributed by atoms with Gasteiger partial charge in [0.15, 0.2) is 0 Å². The van der Waals surface area contributed by atoms with Crippen molar-refractivity contribution < 1.29 is 9.53 Å². The van der Waals surface area contributed by atoms with Gasteiger partial charge in [-0.2, -0.15) is 10.1 Å². The highest BCUT2D eigenvalue weighted by Gasteiger charge is 2.22. The largest absolute Gasteiger partial charge is 0.409 e. The number of rotatable bonds is 4. The van der Waals surface area contributed by atoms with Crippen LogP contribution < -0.4 is 4.74 Å². The van der Waals surface area contributed by atoms with Crippen molar-refractivity contribution in [1.29, 1.82) is 0 Å². The molecule has 0 fully saturated rings. The molecule has 1 aliphatic carbocycles. The number of thiazole rings is 1. The van der Waals surface area contributed by atoms with Crippen LogP contribution in [-0.4, -0.2) is 21.2 Å². The molecule has 0 saturated carbocycles. The van der Waals surface area contributed by atoms with E-state index in [4.69, 9.17) is 9.84 Å². The number of nitrogens with zero attached hydrogens (tertiary/aromatic N) is 3. The lowest BCUT2D eigenvalue weighted by Crippen LogP contribution is -2.02. The predicted octanol–water partition coefficient (Wildman–Crippen LogP) is 3.80. The normalized spacial score (nSPS) is 14.0. The van der Waals surface area contributed by atoms with Gasteiger partial charge >= 0.3 is 0 Å². The third-order valence-corrected chi connectivity index (χ3v) is 5.09. The van der Waals surface area contributed by atoms with Crippen molar-refractivity contribution in [3.05, 3.63) is 47.0 Å². The van der Waals surface area contributed by atoms with Gasteiger partial charge in [0.2, 0.25) is 11.0 Å². The van der Waals surface area contributed by atoms with E-state index in [1.807, 2.05) is 22.9 Å². The third kappa shape index (κ3) is 2.73. The molecule has 2 aromatic heterocycles. The van der Waals surface area contributed by atoms with E-state index in [0.29, 0.717) is 12.4 Å². The second-order valence-electron chi connectivity index (χ2n) is 5.79. The summed E-state index contributed by atoms with van der Waals surface area (Å²) in [6.45, 7) is 0.401. The fourth-order valence-corrected chi connectivity index (χ4v) is 3.92. The maximum Gasteiger partial charge on any atom is 0.299 e. The number of carbonyl (C=O) groups excluding carboxylic acids is 1. The van der Waals surface area contributed by atoms with Crippen molar-refractivity contribution in [1.82, 2.24) is 14.8 Å². The van der Waals surface area contributed by atoms with Crippen LogP contribution in [0.15, 0.2) is 35.7 Å². The van der Waals surface area contributed by atoms with E-state index in [1.54, 1.807) is 5.38 Å². The van der Waals surface area contributed by atoms with E-state index in [1.165, 1.54) is 35.4 Å². The molecule has 0 bridgehead atoms. The Morgan fingerprint density at radius 3 is 2.79 bits per heavy atom. The van der Waals surface area contributed by atoms with Crippen LogP contribution >= 0.6 is 11.3 Å². The Kier molecular flexibility index (Phi) is 4.13. The highest BCUT2D eigenvalue weighted by Crippen LogP contribution is 2.33. The van der Waals surface area contributed by atoms with Gasteiger partial charge in [-0.05, 0) is 25.7 Å². The number of benzene rings is 1. The Balaban J connectivity index is 1.84. The molecule has 0 amide bonds. The van der Waals surface area contributed by atoms with Crippen LogP contribution in [0.25, 0.3) is 16.4 Å². The average Bonchev–Trinajstić information content (AvgIpc) is 3.13. The first kappa shape index (κ1) is 15.1. The monoisotopic (exact) mass is 339 g/mol. The van der Waals surface area contributed by atoms with Gasteiger partial charge in [-0.25, -0.2) is 4.68 Å². The first-order valence-corrected chi connectivity index (χ1v) is 8.97. The van der Waals surface area contributed by atoms with Crippen LogP contribution in [0.1, 0.15) is 30.5 Å². The first-order valence-electron chi connectivity index (χ1n) is 8.09. The van der Waals surface area contributed by atoms with Crippen molar-refractivity contribution in [2.24, 2.45) is 0 Å². The molecule has 0 radical (unpaired) electrons. The number of aromatic nitrogens is 3. The van der Waals surface area contributed by atoms with Gasteiger partial charge in [0.05, 0.1) is 16.8 Å². The Morgan fingerprint density at radius 1 is 1.12 bits per heavy atom. The zero-order chi connectivity index (χ0) is 16.4. The molecule has 0 atom stereocenters. The Labute approximate surface area is 143 Å². The van der Waals surface area contributed by atoms with Crippen LogP contribution in [0.4, 0.5) is 0 Å². The van der Waals surface area contributed by atoms with Gasteiger partial charge in [-0.1, -0.05) is 48.1 Å². The summed E-state index contributed by atoms with van der Waals surface area (Å²) in [5.41, 5.74) is 4.74. The van der Waals surface area contributed by atoms with Gasteiger partial charge in [0.25, 0.3) is 6.47 Å². The number of fused-ring (bicyclic) bond motifs is 1. The molecule has 5 nitrogen and oxygen atoms in total. The Bertz CT molecular complexity index is 855. The fourth-order valence-electron chi connectivity index (χ4n) is 3.21. The molecule has 1 aromatic carbocycles. The van der Waals surface area contributed by atoms with Gasteiger partial charge < -0.3 is 4.74 Å². The quantitative estimate of drug-likeness (QED) is 0.536. The Hall–Kier alpha value is -2.47. The lowest BCUT2D eigenvalue weighted by atomic mass is 10.0. The highest BCUT2D eigenvalue weighted by molar-refractivity contribution is 7.12. The summed E-state index contributed by atoms with van der Waals surface area (Å²) in [7, 11) is 0. The number of hydrogen-bond donors (Lipinski definition) is 0. The molecule has 0 unspecified atom stereocenters. The first-order chi connectivity index (χ1) is 11.9. The van der Waals surface area contributed by atoms with E-state index >= 15 is 0 Å². The van der Waals surface area contributed by atoms with Crippen LogP contribution in [0.5, 0.6) is 5.88 Å². The molecule has 3 aromatic rings. The van der Waals surface area contributed by atoms with Crippen molar-refractivity contribution in [2.75, 3.05) is 0 Å². The molecule has 6 heteroatoms. The van der Waals surface area contributed by atoms with E-state index in [0.717, 1.165) is 35.7 Å². The summed E-state index contributed by atoms with van der Waals surface area (Å²) >= 11 is 1.44. The second kappa shape index (κ2) is 6.57. The average molecular weight is 339 g/mol. The minimum atomic E-state index is 0.323. The maximum absolute atomic E-state index is 10.5. The zero-order valence-corrected chi connectivity index (χ0v) is 14.0. The summed E-state index contributed by atoms with van der Waals surface area (Å²) in [5, 5.41) is 7.34. The predicted molar refractivity (Wildman–Crippen MR) is 92.6 cm³/mol. The van der Waals surface area contributed by atoms with E-state index in [9.17, 15) is 4.79 Å². The summed E-state index contributed by atoms with van der Waals surface area (Å²) in [6, 6.07) is 10.3. The standard InChI is InChI=1S/C18H17N3O2S/c22-12-23-16-11-24-18(19-16)21-15-10-6-2-5-9-14(15)17(20-21)13-7-3-1-4-8-13/h1,3-4,7-8,11-12H,2,5-6,9-10H2. The molecule has 0 saturated heterocycles. The van der Waals surface area contributed by atoms with E-state index in [2.05, 4.69) is 17.1 Å². The maximum atomic E-state index is 10.5. The lowest BCUT2D eigenvalue weighted by molar-refractivity contribution is -0.120. The summed E-state index contributed by atoms with van der Waals surface area (Å²) in [6.07, 6.45) is 5.63. The van der Waals surface area contributed by atoms with Crippen molar-refractivity contribution >= 4 is 17.8 Å². The number of carbonyl (C=O) groups is 1. The lowest BCUT2D eigenvalue weighted by Gasteiger charge is -2.03. The minimum Gasteiger partial charge on any atom is -0.409 e. The SMILES string of the molecule is O=COc1csc(-n2nc(-c3ccccc3)c3c2CCCCC3)n1. The van der Waals surface area contributed by atoms with E-state index < -0.39 is 0 Å². The molecule has 0 aliphatic heterocycles. The van der Waals surface area contributed by atoms with Crippen molar-refractivity contribution in [3.8, 4) is 22.3 Å². The van der Waals surface area contributed by atoms with Crippen LogP contribution in [-0.2, 0) is 17.6 Å². The second-order valence-corrected chi connectivity index (χ2v) is 6.63. The summed E-state index contributed by atoms with van der Waals surface area (Å²) < 4.78 is 6.78. The summed E-state index contributed by atoms with van der Waals surface area (Å²) in [5.74, 6) is 0.323. The fraction of sp³-hybridized carbons (Fsp3) is 0.278. The van der Waals surface area contributed by atoms with Crippen molar-refractivity contribution in [3.63, 3.8) is 0 Å². The molecular weight excluding hydrogens is 322 g/mol. The van der Waals surface area contributed by atoms with Crippen LogP contribution in [0.3, 0.4) is 0 Å². The molecule has 24 heavy (non-hydrogen) atoms. The summed E-state index contributed by atoms with van der Waals surface area (Å²) in [4.78, 5) is 14.9. The van der Waals surface area contributed by atoms with Crippen LogP contribution in [0, 0.1) is 0 Å². The van der Waals surface area contributed by atoms with Crippen LogP contribution in [0.2, 0.25) is 0 Å². The topological polar surface area (TPSA) is 57.0 Å². The minimum absolute atomic E-state index is 0.323. The Morgan fingerprint density at radius 2 is 1.96 bits per heavy atom. The molecule has 122 valence electrons. The number of ether oxygens (including phenoxy) is 1.